The van der Waals surface area contributed by atoms with Crippen LogP contribution in [0.2, 0.25) is 0 Å². The summed E-state index contributed by atoms with van der Waals surface area (Å²) in [6.45, 7) is 3.75. The number of amides is 2. The van der Waals surface area contributed by atoms with Gasteiger partial charge in [0.05, 0.1) is 36.6 Å². The number of ether oxygens (including phenoxy) is 1. The van der Waals surface area contributed by atoms with Crippen LogP contribution in [0.4, 0.5) is 10.2 Å². The first kappa shape index (κ1) is 24.3. The number of aromatic nitrogens is 5. The molecule has 1 N–H and O–H groups in total. The van der Waals surface area contributed by atoms with Gasteiger partial charge in [-0.05, 0) is 37.6 Å². The average Bonchev–Trinajstić information content (AvgIpc) is 3.46. The summed E-state index contributed by atoms with van der Waals surface area (Å²) in [5.41, 5.74) is 2.36. The van der Waals surface area contributed by atoms with Crippen LogP contribution < -0.4 is 10.9 Å². The number of hydrogen-bond acceptors (Lipinski definition) is 7. The van der Waals surface area contributed by atoms with E-state index in [1.54, 1.807) is 29.4 Å². The number of carbonyl (C=O) groups excluding carboxylic acids is 2. The van der Waals surface area contributed by atoms with E-state index in [0.717, 1.165) is 17.3 Å². The van der Waals surface area contributed by atoms with Crippen molar-refractivity contribution in [2.75, 3.05) is 19.0 Å². The molecule has 0 fully saturated rings. The fourth-order valence-corrected chi connectivity index (χ4v) is 4.50. The lowest BCUT2D eigenvalue weighted by Gasteiger charge is -2.23. The summed E-state index contributed by atoms with van der Waals surface area (Å²) in [4.78, 5) is 49.5. The molecule has 0 aliphatic carbocycles. The standard InChI is InChI=1S/C25H24FN7O4/c1-14-9-27-7-6-17(14)19-8-22-32(12-21(34)29-20-5-4-16(26)10-28-20)23-18(24(35)33(22)30-19)11-31(25(23)36)15(2)13-37-3/h4-10,15H,11-13H2,1-3H3,(H,28,29,34)/t15-/m0/s1. The molecule has 4 aromatic heterocycles. The number of hydrogen-bond donors (Lipinski definition) is 1. The molecule has 1 aliphatic heterocycles. The zero-order valence-corrected chi connectivity index (χ0v) is 20.4. The molecular formula is C25H24FN7O4. The molecule has 5 heterocycles. The highest BCUT2D eigenvalue weighted by atomic mass is 19.1. The van der Waals surface area contributed by atoms with E-state index in [4.69, 9.17) is 4.74 Å². The second-order valence-corrected chi connectivity index (χ2v) is 8.86. The summed E-state index contributed by atoms with van der Waals surface area (Å²) >= 11 is 0. The van der Waals surface area contributed by atoms with Crippen molar-refractivity contribution >= 4 is 23.3 Å². The number of nitrogens with zero attached hydrogens (tertiary/aromatic N) is 6. The summed E-state index contributed by atoms with van der Waals surface area (Å²) in [7, 11) is 1.54. The van der Waals surface area contributed by atoms with Crippen molar-refractivity contribution in [1.29, 1.82) is 0 Å². The van der Waals surface area contributed by atoms with Crippen molar-refractivity contribution in [1.82, 2.24) is 29.0 Å². The molecule has 37 heavy (non-hydrogen) atoms. The molecule has 11 nitrogen and oxygen atoms in total. The van der Waals surface area contributed by atoms with Crippen LogP contribution >= 0.6 is 0 Å². The monoisotopic (exact) mass is 505 g/mol. The largest absolute Gasteiger partial charge is 0.383 e. The van der Waals surface area contributed by atoms with Crippen LogP contribution in [-0.4, -0.2) is 60.6 Å². The molecule has 2 amide bonds. The third-order valence-electron chi connectivity index (χ3n) is 6.30. The maximum atomic E-state index is 13.5. The first-order valence-corrected chi connectivity index (χ1v) is 11.6. The van der Waals surface area contributed by atoms with E-state index in [2.05, 4.69) is 20.4 Å². The second kappa shape index (κ2) is 9.54. The molecule has 5 rings (SSSR count). The number of anilines is 1. The topological polar surface area (TPSA) is 124 Å². The lowest BCUT2D eigenvalue weighted by atomic mass is 10.1. The van der Waals surface area contributed by atoms with Crippen molar-refractivity contribution in [3.8, 4) is 11.3 Å². The minimum absolute atomic E-state index is 0.0675. The minimum atomic E-state index is -0.535. The Labute approximate surface area is 210 Å². The lowest BCUT2D eigenvalue weighted by molar-refractivity contribution is -0.116. The van der Waals surface area contributed by atoms with Gasteiger partial charge in [0.25, 0.3) is 11.5 Å². The first-order valence-electron chi connectivity index (χ1n) is 11.6. The zero-order chi connectivity index (χ0) is 26.3. The Morgan fingerprint density at radius 2 is 2.05 bits per heavy atom. The van der Waals surface area contributed by atoms with Gasteiger partial charge in [0.2, 0.25) is 5.91 Å². The number of rotatable bonds is 7. The Bertz CT molecular complexity index is 1580. The predicted molar refractivity (Wildman–Crippen MR) is 131 cm³/mol. The Balaban J connectivity index is 1.63. The van der Waals surface area contributed by atoms with Crippen LogP contribution in [0.15, 0.2) is 47.7 Å². The molecule has 12 heteroatoms. The summed E-state index contributed by atoms with van der Waals surface area (Å²) in [6, 6.07) is 5.67. The molecule has 0 radical (unpaired) electrons. The predicted octanol–water partition coefficient (Wildman–Crippen LogP) is 2.03. The molecule has 1 atom stereocenters. The van der Waals surface area contributed by atoms with Gasteiger partial charge in [-0.3, -0.25) is 19.4 Å². The van der Waals surface area contributed by atoms with Crippen LogP contribution in [0.5, 0.6) is 0 Å². The van der Waals surface area contributed by atoms with Crippen LogP contribution in [0, 0.1) is 12.7 Å². The smallest absolute Gasteiger partial charge is 0.280 e. The zero-order valence-electron chi connectivity index (χ0n) is 20.4. The van der Waals surface area contributed by atoms with E-state index in [0.29, 0.717) is 5.69 Å². The molecule has 0 bridgehead atoms. The first-order chi connectivity index (χ1) is 17.8. The quantitative estimate of drug-likeness (QED) is 0.408. The lowest BCUT2D eigenvalue weighted by Crippen LogP contribution is -2.37. The summed E-state index contributed by atoms with van der Waals surface area (Å²) in [5.74, 6) is -1.27. The molecule has 0 saturated carbocycles. The number of aryl methyl sites for hydroxylation is 1. The average molecular weight is 506 g/mol. The highest BCUT2D eigenvalue weighted by Gasteiger charge is 2.37. The maximum absolute atomic E-state index is 13.5. The van der Waals surface area contributed by atoms with E-state index in [1.165, 1.54) is 28.3 Å². The highest BCUT2D eigenvalue weighted by Crippen LogP contribution is 2.27. The van der Waals surface area contributed by atoms with E-state index in [1.807, 2.05) is 13.8 Å². The van der Waals surface area contributed by atoms with Gasteiger partial charge in [-0.1, -0.05) is 0 Å². The number of halogens is 1. The Morgan fingerprint density at radius 1 is 1.24 bits per heavy atom. The Morgan fingerprint density at radius 3 is 2.76 bits per heavy atom. The Hall–Kier alpha value is -4.45. The van der Waals surface area contributed by atoms with Crippen molar-refractivity contribution in [2.45, 2.75) is 33.0 Å². The Kier molecular flexibility index (Phi) is 6.25. The van der Waals surface area contributed by atoms with Gasteiger partial charge in [0, 0.05) is 31.1 Å². The van der Waals surface area contributed by atoms with Crippen LogP contribution in [0.1, 0.15) is 28.5 Å². The van der Waals surface area contributed by atoms with Crippen molar-refractivity contribution in [3.63, 3.8) is 0 Å². The van der Waals surface area contributed by atoms with E-state index >= 15 is 0 Å². The molecular weight excluding hydrogens is 481 g/mol. The normalized spacial score (nSPS) is 13.7. The van der Waals surface area contributed by atoms with Gasteiger partial charge < -0.3 is 19.5 Å². The molecule has 190 valence electrons. The molecule has 0 saturated heterocycles. The molecule has 0 spiro atoms. The van der Waals surface area contributed by atoms with Gasteiger partial charge in [-0.2, -0.15) is 9.61 Å². The molecule has 0 unspecified atom stereocenters. The molecule has 0 aromatic carbocycles. The fourth-order valence-electron chi connectivity index (χ4n) is 4.50. The highest BCUT2D eigenvalue weighted by molar-refractivity contribution is 5.99. The maximum Gasteiger partial charge on any atom is 0.280 e. The summed E-state index contributed by atoms with van der Waals surface area (Å²) in [5, 5.41) is 7.14. The summed E-state index contributed by atoms with van der Waals surface area (Å²) in [6.07, 6.45) is 4.30. The minimum Gasteiger partial charge on any atom is -0.383 e. The third-order valence-corrected chi connectivity index (χ3v) is 6.30. The second-order valence-electron chi connectivity index (χ2n) is 8.86. The van der Waals surface area contributed by atoms with Gasteiger partial charge in [0.1, 0.15) is 29.5 Å². The number of nitrogens with one attached hydrogen (secondary N) is 1. The number of methoxy groups -OCH3 is 1. The molecule has 4 aromatic rings. The fraction of sp³-hybridized carbons (Fsp3) is 0.280. The van der Waals surface area contributed by atoms with Crippen molar-refractivity contribution < 1.29 is 18.7 Å². The van der Waals surface area contributed by atoms with Crippen LogP contribution in [-0.2, 0) is 22.6 Å². The summed E-state index contributed by atoms with van der Waals surface area (Å²) < 4.78 is 21.1. The number of pyridine rings is 2. The van der Waals surface area contributed by atoms with Gasteiger partial charge in [0.15, 0.2) is 0 Å². The molecule has 1 aliphatic rings. The third kappa shape index (κ3) is 4.35. The van der Waals surface area contributed by atoms with Gasteiger partial charge in [-0.25, -0.2) is 9.37 Å². The number of fused-ring (bicyclic) bond motifs is 2. The van der Waals surface area contributed by atoms with Gasteiger partial charge in [-0.15, -0.1) is 0 Å². The van der Waals surface area contributed by atoms with Crippen LogP contribution in [0.25, 0.3) is 16.9 Å². The SMILES string of the molecule is COC[C@H](C)N1Cc2c(n(CC(=O)Nc3ccc(F)cn3)c3cc(-c4ccncc4C)nn3c2=O)C1=O. The number of carbonyl (C=O) groups is 2. The van der Waals surface area contributed by atoms with Crippen LogP contribution in [0.3, 0.4) is 0 Å². The van der Waals surface area contributed by atoms with Gasteiger partial charge >= 0.3 is 0 Å². The van der Waals surface area contributed by atoms with E-state index < -0.39 is 17.3 Å². The van der Waals surface area contributed by atoms with E-state index in [9.17, 15) is 18.8 Å². The van der Waals surface area contributed by atoms with E-state index in [-0.39, 0.29) is 54.4 Å². The van der Waals surface area contributed by atoms with Crippen molar-refractivity contribution in [3.05, 3.63) is 75.8 Å². The van der Waals surface area contributed by atoms with Crippen molar-refractivity contribution in [2.24, 2.45) is 0 Å².